The first kappa shape index (κ1) is 17.6. The highest BCUT2D eigenvalue weighted by Crippen LogP contribution is 2.39. The van der Waals surface area contributed by atoms with Crippen LogP contribution in [0.1, 0.15) is 27.7 Å². The molecule has 2 aromatic carbocycles. The summed E-state index contributed by atoms with van der Waals surface area (Å²) < 4.78 is 12.2. The molecule has 1 aliphatic heterocycles. The molecule has 1 heterocycles. The molecule has 1 saturated heterocycles. The summed E-state index contributed by atoms with van der Waals surface area (Å²) in [4.78, 5) is 0. The Morgan fingerprint density at radius 2 is 1.33 bits per heavy atom. The molecule has 0 amide bonds. The Balaban J connectivity index is 2.06. The van der Waals surface area contributed by atoms with Gasteiger partial charge in [0.1, 0.15) is 0 Å². The van der Waals surface area contributed by atoms with Gasteiger partial charge in [-0.15, -0.1) is 0 Å². The number of nitrogen functional groups attached to an aromatic ring is 1. The molecule has 0 aromatic heterocycles. The van der Waals surface area contributed by atoms with Crippen molar-refractivity contribution >= 4 is 41.5 Å². The van der Waals surface area contributed by atoms with E-state index in [-0.39, 0.29) is 0 Å². The van der Waals surface area contributed by atoms with Gasteiger partial charge in [-0.25, -0.2) is 0 Å². The van der Waals surface area contributed by atoms with Gasteiger partial charge < -0.3 is 15.0 Å². The van der Waals surface area contributed by atoms with Crippen molar-refractivity contribution in [2.24, 2.45) is 0 Å². The van der Waals surface area contributed by atoms with Crippen molar-refractivity contribution in [2.75, 3.05) is 5.73 Å². The fourth-order valence-corrected chi connectivity index (χ4v) is 3.21. The van der Waals surface area contributed by atoms with E-state index >= 15 is 0 Å². The van der Waals surface area contributed by atoms with Crippen LogP contribution >= 0.6 is 23.2 Å². The van der Waals surface area contributed by atoms with E-state index in [1.165, 1.54) is 0 Å². The lowest BCUT2D eigenvalue weighted by Crippen LogP contribution is -2.41. The number of halogens is 2. The smallest absolute Gasteiger partial charge is 0.399 e. The van der Waals surface area contributed by atoms with E-state index in [1.807, 2.05) is 58.0 Å². The molecule has 0 atom stereocenters. The average molecular weight is 364 g/mol. The normalized spacial score (nSPS) is 18.8. The highest BCUT2D eigenvalue weighted by Gasteiger charge is 2.52. The standard InChI is InChI=1S/C18H20BCl2NO2/c1-17(2)18(3,4)24-19(23-17)13-9-5-7-11(15(13)20)12-8-6-10-14(22)16(12)21/h5-10H,22H2,1-4H3. The van der Waals surface area contributed by atoms with E-state index in [2.05, 4.69) is 0 Å². The van der Waals surface area contributed by atoms with Crippen molar-refractivity contribution in [1.29, 1.82) is 0 Å². The summed E-state index contributed by atoms with van der Waals surface area (Å²) in [5.41, 5.74) is 7.97. The topological polar surface area (TPSA) is 44.5 Å². The van der Waals surface area contributed by atoms with Crippen LogP contribution in [0.15, 0.2) is 36.4 Å². The molecule has 0 saturated carbocycles. The van der Waals surface area contributed by atoms with Gasteiger partial charge in [0, 0.05) is 21.6 Å². The van der Waals surface area contributed by atoms with Gasteiger partial charge in [0.05, 0.1) is 21.9 Å². The highest BCUT2D eigenvalue weighted by molar-refractivity contribution is 6.66. The van der Waals surface area contributed by atoms with Crippen molar-refractivity contribution < 1.29 is 9.31 Å². The Morgan fingerprint density at radius 1 is 0.833 bits per heavy atom. The van der Waals surface area contributed by atoms with Gasteiger partial charge >= 0.3 is 7.12 Å². The molecule has 0 radical (unpaired) electrons. The molecule has 24 heavy (non-hydrogen) atoms. The van der Waals surface area contributed by atoms with E-state index in [0.29, 0.717) is 15.7 Å². The maximum Gasteiger partial charge on any atom is 0.496 e. The minimum absolute atomic E-state index is 0.425. The molecule has 3 nitrogen and oxygen atoms in total. The zero-order valence-corrected chi connectivity index (χ0v) is 15.7. The lowest BCUT2D eigenvalue weighted by Gasteiger charge is -2.32. The van der Waals surface area contributed by atoms with E-state index in [1.54, 1.807) is 6.07 Å². The van der Waals surface area contributed by atoms with Crippen molar-refractivity contribution in [3.63, 3.8) is 0 Å². The van der Waals surface area contributed by atoms with Crippen molar-refractivity contribution in [1.82, 2.24) is 0 Å². The fourth-order valence-electron chi connectivity index (χ4n) is 2.67. The summed E-state index contributed by atoms with van der Waals surface area (Å²) in [7, 11) is -0.526. The molecule has 3 rings (SSSR count). The fraction of sp³-hybridized carbons (Fsp3) is 0.333. The quantitative estimate of drug-likeness (QED) is 0.629. The molecule has 0 aliphatic carbocycles. The van der Waals surface area contributed by atoms with E-state index in [4.69, 9.17) is 38.2 Å². The number of nitrogens with two attached hydrogens (primary N) is 1. The monoisotopic (exact) mass is 363 g/mol. The molecule has 1 fully saturated rings. The Morgan fingerprint density at radius 3 is 1.92 bits per heavy atom. The molecule has 2 N–H and O–H groups in total. The number of hydrogen-bond donors (Lipinski definition) is 1. The summed E-state index contributed by atoms with van der Waals surface area (Å²) in [5, 5.41) is 1.05. The average Bonchev–Trinajstić information content (AvgIpc) is 2.71. The van der Waals surface area contributed by atoms with Crippen LogP contribution in [0.5, 0.6) is 0 Å². The van der Waals surface area contributed by atoms with E-state index < -0.39 is 18.3 Å². The summed E-state index contributed by atoms with van der Waals surface area (Å²) in [5.74, 6) is 0. The Kier molecular flexibility index (Phi) is 4.37. The first-order valence-corrected chi connectivity index (χ1v) is 8.58. The second kappa shape index (κ2) is 5.96. The maximum atomic E-state index is 6.67. The lowest BCUT2D eigenvalue weighted by atomic mass is 9.77. The number of rotatable bonds is 2. The predicted octanol–water partition coefficient (Wildman–Crippen LogP) is 4.54. The van der Waals surface area contributed by atoms with Gasteiger partial charge in [-0.2, -0.15) is 0 Å². The summed E-state index contributed by atoms with van der Waals surface area (Å²) in [6.45, 7) is 8.05. The van der Waals surface area contributed by atoms with Crippen LogP contribution in [0.25, 0.3) is 11.1 Å². The van der Waals surface area contributed by atoms with Gasteiger partial charge in [0.25, 0.3) is 0 Å². The van der Waals surface area contributed by atoms with Gasteiger partial charge in [-0.3, -0.25) is 0 Å². The minimum Gasteiger partial charge on any atom is -0.399 e. The molecular weight excluding hydrogens is 344 g/mol. The van der Waals surface area contributed by atoms with Crippen molar-refractivity contribution in [3.8, 4) is 11.1 Å². The number of benzene rings is 2. The Bertz CT molecular complexity index is 777. The largest absolute Gasteiger partial charge is 0.496 e. The SMILES string of the molecule is CC1(C)OB(c2cccc(-c3cccc(N)c3Cl)c2Cl)OC1(C)C. The molecule has 2 aromatic rings. The molecule has 126 valence electrons. The van der Waals surface area contributed by atoms with Gasteiger partial charge in [-0.1, -0.05) is 53.5 Å². The van der Waals surface area contributed by atoms with Crippen molar-refractivity contribution in [2.45, 2.75) is 38.9 Å². The third-order valence-corrected chi connectivity index (χ3v) is 5.70. The number of anilines is 1. The molecule has 0 unspecified atom stereocenters. The molecule has 0 bridgehead atoms. The van der Waals surface area contributed by atoms with Crippen LogP contribution in [0.3, 0.4) is 0 Å². The van der Waals surface area contributed by atoms with Crippen LogP contribution in [-0.4, -0.2) is 18.3 Å². The predicted molar refractivity (Wildman–Crippen MR) is 102 cm³/mol. The summed E-state index contributed by atoms with van der Waals surface area (Å²) in [6, 6.07) is 11.3. The van der Waals surface area contributed by atoms with Crippen LogP contribution in [0.4, 0.5) is 5.69 Å². The third kappa shape index (κ3) is 2.82. The Labute approximate surface area is 153 Å². The highest BCUT2D eigenvalue weighted by atomic mass is 35.5. The zero-order valence-electron chi connectivity index (χ0n) is 14.2. The third-order valence-electron chi connectivity index (χ3n) is 4.85. The second-order valence-electron chi connectivity index (χ2n) is 7.01. The summed E-state index contributed by atoms with van der Waals surface area (Å²) >= 11 is 13.0. The Hall–Kier alpha value is -1.20. The lowest BCUT2D eigenvalue weighted by molar-refractivity contribution is 0.00578. The second-order valence-corrected chi connectivity index (χ2v) is 7.76. The molecule has 0 spiro atoms. The molecule has 1 aliphatic rings. The zero-order chi connectivity index (χ0) is 17.7. The van der Waals surface area contributed by atoms with Gasteiger partial charge in [-0.05, 0) is 33.8 Å². The van der Waals surface area contributed by atoms with Gasteiger partial charge in [0.2, 0.25) is 0 Å². The van der Waals surface area contributed by atoms with Crippen LogP contribution < -0.4 is 11.2 Å². The van der Waals surface area contributed by atoms with E-state index in [0.717, 1.165) is 16.6 Å². The maximum absolute atomic E-state index is 6.67. The molecular formula is C18H20BCl2NO2. The van der Waals surface area contributed by atoms with Crippen LogP contribution in [-0.2, 0) is 9.31 Å². The first-order valence-electron chi connectivity index (χ1n) is 7.82. The molecule has 6 heteroatoms. The van der Waals surface area contributed by atoms with Crippen LogP contribution in [0.2, 0.25) is 10.0 Å². The first-order chi connectivity index (χ1) is 11.1. The summed E-state index contributed by atoms with van der Waals surface area (Å²) in [6.07, 6.45) is 0. The van der Waals surface area contributed by atoms with E-state index in [9.17, 15) is 0 Å². The van der Waals surface area contributed by atoms with Gasteiger partial charge in [0.15, 0.2) is 0 Å². The minimum atomic E-state index is -0.526. The number of hydrogen-bond acceptors (Lipinski definition) is 3. The van der Waals surface area contributed by atoms with Crippen LogP contribution in [0, 0.1) is 0 Å². The van der Waals surface area contributed by atoms with Crippen molar-refractivity contribution in [3.05, 3.63) is 46.4 Å².